The van der Waals surface area contributed by atoms with Gasteiger partial charge in [-0.1, -0.05) is 30.3 Å². The Bertz CT molecular complexity index is 1400. The van der Waals surface area contributed by atoms with E-state index >= 15 is 0 Å². The molecular weight excluding hydrogens is 436 g/mol. The van der Waals surface area contributed by atoms with Crippen LogP contribution in [0.2, 0.25) is 0 Å². The van der Waals surface area contributed by atoms with Gasteiger partial charge in [0.25, 0.3) is 5.91 Å². The van der Waals surface area contributed by atoms with Gasteiger partial charge in [0, 0.05) is 47.2 Å². The second kappa shape index (κ2) is 9.68. The lowest BCUT2D eigenvalue weighted by atomic mass is 10.0. The number of benzene rings is 3. The molecule has 2 amide bonds. The molecular formula is C29H28N4O2. The first kappa shape index (κ1) is 22.7. The standard InChI is InChI=1S/C29H28N4O2/c1-33(2)18-19-5-3-8-24(13-19)31-28(34)22-7-4-6-21(14-22)26-16-27(26)29(35)32-25-10-9-23-17-30-12-11-20(23)15-25/h3-15,17,26-27H,16,18H2,1-2H3,(H,31,34)(H,32,35)/t26-,27+/m0/s1. The average Bonchev–Trinajstić information content (AvgIpc) is 3.65. The zero-order valence-electron chi connectivity index (χ0n) is 19.9. The quantitative estimate of drug-likeness (QED) is 0.390. The van der Waals surface area contributed by atoms with Gasteiger partial charge in [0.2, 0.25) is 5.91 Å². The molecule has 1 heterocycles. The molecule has 0 spiro atoms. The van der Waals surface area contributed by atoms with Crippen LogP contribution in [-0.4, -0.2) is 35.8 Å². The van der Waals surface area contributed by atoms with E-state index in [9.17, 15) is 9.59 Å². The van der Waals surface area contributed by atoms with Crippen molar-refractivity contribution in [2.75, 3.05) is 24.7 Å². The molecule has 0 radical (unpaired) electrons. The Labute approximate surface area is 205 Å². The molecule has 0 bridgehead atoms. The van der Waals surface area contributed by atoms with Crippen LogP contribution < -0.4 is 10.6 Å². The molecule has 4 aromatic rings. The van der Waals surface area contributed by atoms with Crippen LogP contribution in [-0.2, 0) is 11.3 Å². The number of pyridine rings is 1. The van der Waals surface area contributed by atoms with E-state index < -0.39 is 0 Å². The third kappa shape index (κ3) is 5.39. The predicted octanol–water partition coefficient (Wildman–Crippen LogP) is 5.29. The van der Waals surface area contributed by atoms with Crippen LogP contribution in [0.25, 0.3) is 10.8 Å². The van der Waals surface area contributed by atoms with Crippen LogP contribution in [0.15, 0.2) is 85.2 Å². The number of nitrogens with one attached hydrogen (secondary N) is 2. The number of hydrogen-bond acceptors (Lipinski definition) is 4. The van der Waals surface area contributed by atoms with E-state index in [0.29, 0.717) is 5.56 Å². The summed E-state index contributed by atoms with van der Waals surface area (Å²) in [6.45, 7) is 0.806. The van der Waals surface area contributed by atoms with E-state index in [0.717, 1.165) is 46.2 Å². The Morgan fingerprint density at radius 1 is 0.914 bits per heavy atom. The normalized spacial score (nSPS) is 16.8. The molecule has 35 heavy (non-hydrogen) atoms. The number of aromatic nitrogens is 1. The topological polar surface area (TPSA) is 74.3 Å². The van der Waals surface area contributed by atoms with Gasteiger partial charge in [-0.25, -0.2) is 0 Å². The smallest absolute Gasteiger partial charge is 0.255 e. The van der Waals surface area contributed by atoms with Crippen LogP contribution in [0.1, 0.15) is 33.8 Å². The van der Waals surface area contributed by atoms with Gasteiger partial charge in [0.15, 0.2) is 0 Å². The summed E-state index contributed by atoms with van der Waals surface area (Å²) in [7, 11) is 4.03. The van der Waals surface area contributed by atoms with Gasteiger partial charge in [-0.15, -0.1) is 0 Å². The lowest BCUT2D eigenvalue weighted by Crippen LogP contribution is -2.15. The van der Waals surface area contributed by atoms with Crippen LogP contribution >= 0.6 is 0 Å². The zero-order chi connectivity index (χ0) is 24.4. The SMILES string of the molecule is CN(C)Cc1cccc(NC(=O)c2cccc([C@@H]3C[C@H]3C(=O)Nc3ccc4cnccc4c3)c2)c1. The van der Waals surface area contributed by atoms with Gasteiger partial charge < -0.3 is 15.5 Å². The van der Waals surface area contributed by atoms with E-state index in [1.807, 2.05) is 93.1 Å². The molecule has 1 aromatic heterocycles. The average molecular weight is 465 g/mol. The number of rotatable bonds is 7. The molecule has 0 saturated heterocycles. The maximum atomic E-state index is 12.9. The minimum atomic E-state index is -0.152. The molecule has 2 N–H and O–H groups in total. The second-order valence-electron chi connectivity index (χ2n) is 9.39. The van der Waals surface area contributed by atoms with Gasteiger partial charge in [0.1, 0.15) is 0 Å². The molecule has 1 saturated carbocycles. The summed E-state index contributed by atoms with van der Waals surface area (Å²) < 4.78 is 0. The Morgan fingerprint density at radius 3 is 2.60 bits per heavy atom. The van der Waals surface area contributed by atoms with Crippen LogP contribution in [0.5, 0.6) is 0 Å². The highest BCUT2D eigenvalue weighted by molar-refractivity contribution is 6.04. The van der Waals surface area contributed by atoms with Crippen molar-refractivity contribution in [2.45, 2.75) is 18.9 Å². The Morgan fingerprint density at radius 2 is 1.74 bits per heavy atom. The molecule has 0 aliphatic heterocycles. The van der Waals surface area contributed by atoms with Crippen LogP contribution in [0.3, 0.4) is 0 Å². The van der Waals surface area contributed by atoms with Crippen LogP contribution in [0, 0.1) is 5.92 Å². The maximum absolute atomic E-state index is 12.9. The summed E-state index contributed by atoms with van der Waals surface area (Å²) >= 11 is 0. The van der Waals surface area contributed by atoms with Gasteiger partial charge in [-0.3, -0.25) is 14.6 Å². The number of amides is 2. The summed E-state index contributed by atoms with van der Waals surface area (Å²) in [4.78, 5) is 32.0. The van der Waals surface area contributed by atoms with Gasteiger partial charge in [0.05, 0.1) is 0 Å². The Hall–Kier alpha value is -4.03. The van der Waals surface area contributed by atoms with E-state index in [-0.39, 0.29) is 23.7 Å². The fourth-order valence-electron chi connectivity index (χ4n) is 4.48. The van der Waals surface area contributed by atoms with E-state index in [1.54, 1.807) is 6.20 Å². The van der Waals surface area contributed by atoms with Crippen molar-refractivity contribution in [3.63, 3.8) is 0 Å². The lowest BCUT2D eigenvalue weighted by molar-refractivity contribution is -0.117. The highest BCUT2D eigenvalue weighted by Crippen LogP contribution is 2.48. The van der Waals surface area contributed by atoms with Crippen LogP contribution in [0.4, 0.5) is 11.4 Å². The Kier molecular flexibility index (Phi) is 6.29. The molecule has 2 atom stereocenters. The number of carbonyl (C=O) groups is 2. The monoisotopic (exact) mass is 464 g/mol. The summed E-state index contributed by atoms with van der Waals surface area (Å²) in [5.74, 6) is -0.114. The lowest BCUT2D eigenvalue weighted by Gasteiger charge is -2.12. The molecule has 6 heteroatoms. The fraction of sp³-hybridized carbons (Fsp3) is 0.207. The minimum absolute atomic E-state index is 0.0102. The van der Waals surface area contributed by atoms with E-state index in [4.69, 9.17) is 0 Å². The molecule has 5 rings (SSSR count). The molecule has 6 nitrogen and oxygen atoms in total. The van der Waals surface area contributed by atoms with Gasteiger partial charge in [-0.2, -0.15) is 0 Å². The summed E-state index contributed by atoms with van der Waals surface area (Å²) in [5.41, 5.74) is 4.30. The number of fused-ring (bicyclic) bond motifs is 1. The predicted molar refractivity (Wildman–Crippen MR) is 139 cm³/mol. The van der Waals surface area contributed by atoms with Crippen molar-refractivity contribution in [2.24, 2.45) is 5.92 Å². The number of hydrogen-bond donors (Lipinski definition) is 2. The largest absolute Gasteiger partial charge is 0.326 e. The molecule has 1 aliphatic carbocycles. The van der Waals surface area contributed by atoms with Crippen molar-refractivity contribution in [3.05, 3.63) is 102 Å². The molecule has 1 aliphatic rings. The van der Waals surface area contributed by atoms with Crippen molar-refractivity contribution < 1.29 is 9.59 Å². The Balaban J connectivity index is 1.23. The molecule has 0 unspecified atom stereocenters. The highest BCUT2D eigenvalue weighted by atomic mass is 16.2. The second-order valence-corrected chi connectivity index (χ2v) is 9.39. The minimum Gasteiger partial charge on any atom is -0.326 e. The summed E-state index contributed by atoms with van der Waals surface area (Å²) in [5, 5.41) is 8.12. The van der Waals surface area contributed by atoms with Crippen molar-refractivity contribution in [1.82, 2.24) is 9.88 Å². The highest BCUT2D eigenvalue weighted by Gasteiger charge is 2.44. The fourth-order valence-corrected chi connectivity index (χ4v) is 4.48. The molecule has 176 valence electrons. The first-order valence-corrected chi connectivity index (χ1v) is 11.8. The van der Waals surface area contributed by atoms with E-state index in [2.05, 4.69) is 20.5 Å². The van der Waals surface area contributed by atoms with Gasteiger partial charge >= 0.3 is 0 Å². The summed E-state index contributed by atoms with van der Waals surface area (Å²) in [6, 6.07) is 23.2. The van der Waals surface area contributed by atoms with Crippen molar-refractivity contribution in [1.29, 1.82) is 0 Å². The maximum Gasteiger partial charge on any atom is 0.255 e. The number of carbonyl (C=O) groups excluding carboxylic acids is 2. The first-order chi connectivity index (χ1) is 17.0. The van der Waals surface area contributed by atoms with Crippen molar-refractivity contribution in [3.8, 4) is 0 Å². The zero-order valence-corrected chi connectivity index (χ0v) is 19.9. The first-order valence-electron chi connectivity index (χ1n) is 11.8. The number of anilines is 2. The molecule has 3 aromatic carbocycles. The van der Waals surface area contributed by atoms with Gasteiger partial charge in [-0.05, 0) is 85.4 Å². The van der Waals surface area contributed by atoms with E-state index in [1.165, 1.54) is 0 Å². The third-order valence-corrected chi connectivity index (χ3v) is 6.30. The number of nitrogens with zero attached hydrogens (tertiary/aromatic N) is 2. The van der Waals surface area contributed by atoms with Crippen molar-refractivity contribution >= 4 is 34.0 Å². The summed E-state index contributed by atoms with van der Waals surface area (Å²) in [6.07, 6.45) is 4.33. The molecule has 1 fully saturated rings. The third-order valence-electron chi connectivity index (χ3n) is 6.30.